The Morgan fingerprint density at radius 3 is 1.66 bits per heavy atom. The van der Waals surface area contributed by atoms with Gasteiger partial charge in [0.1, 0.15) is 19.8 Å². The van der Waals surface area contributed by atoms with E-state index in [4.69, 9.17) is 18.5 Å². The first kappa shape index (κ1) is 54.7. The molecule has 0 aliphatic rings. The third-order valence-electron chi connectivity index (χ3n) is 8.40. The molecule has 2 unspecified atom stereocenters. The summed E-state index contributed by atoms with van der Waals surface area (Å²) in [4.78, 5) is 37.5. The molecule has 58 heavy (non-hydrogen) atoms. The average molecular weight is 828 g/mol. The van der Waals surface area contributed by atoms with Crippen molar-refractivity contribution in [1.82, 2.24) is 0 Å². The predicted octanol–water partition coefficient (Wildman–Crippen LogP) is 11.7. The molecule has 0 heterocycles. The minimum Gasteiger partial charge on any atom is -0.756 e. The lowest BCUT2D eigenvalue weighted by molar-refractivity contribution is -0.870. The van der Waals surface area contributed by atoms with Gasteiger partial charge in [0.15, 0.2) is 6.10 Å². The molecule has 10 heteroatoms. The quantitative estimate of drug-likeness (QED) is 0.0152. The second-order valence-electron chi connectivity index (χ2n) is 15.1. The van der Waals surface area contributed by atoms with Crippen molar-refractivity contribution in [1.29, 1.82) is 0 Å². The molecule has 0 radical (unpaired) electrons. The summed E-state index contributed by atoms with van der Waals surface area (Å²) in [7, 11) is 1.08. The molecule has 0 aromatic rings. The molecule has 9 nitrogen and oxygen atoms in total. The van der Waals surface area contributed by atoms with Crippen LogP contribution in [0.4, 0.5) is 0 Å². The van der Waals surface area contributed by atoms with Crippen molar-refractivity contribution < 1.29 is 42.1 Å². The van der Waals surface area contributed by atoms with Gasteiger partial charge in [0, 0.05) is 12.8 Å². The van der Waals surface area contributed by atoms with E-state index in [2.05, 4.69) is 68.5 Å². The number of carbonyl (C=O) groups excluding carboxylic acids is 2. The van der Waals surface area contributed by atoms with E-state index < -0.39 is 32.5 Å². The topological polar surface area (TPSA) is 111 Å². The Hall–Kier alpha value is -3.33. The molecule has 0 aromatic carbocycles. The van der Waals surface area contributed by atoms with E-state index in [0.29, 0.717) is 30.3 Å². The van der Waals surface area contributed by atoms with Crippen molar-refractivity contribution >= 4 is 19.8 Å². The summed E-state index contributed by atoms with van der Waals surface area (Å²) in [6, 6.07) is 0. The van der Waals surface area contributed by atoms with Crippen LogP contribution in [0.2, 0.25) is 0 Å². The largest absolute Gasteiger partial charge is 0.756 e. The Balaban J connectivity index is 4.48. The van der Waals surface area contributed by atoms with Crippen LogP contribution in [0, 0.1) is 0 Å². The Labute approximate surface area is 353 Å². The monoisotopic (exact) mass is 828 g/mol. The van der Waals surface area contributed by atoms with Crippen LogP contribution in [0.15, 0.2) is 109 Å². The lowest BCUT2D eigenvalue weighted by atomic mass is 10.1. The van der Waals surface area contributed by atoms with Crippen LogP contribution in [0.5, 0.6) is 0 Å². The Kier molecular flexibility index (Phi) is 36.9. The number of phosphoric ester groups is 1. The van der Waals surface area contributed by atoms with E-state index in [1.165, 1.54) is 25.7 Å². The van der Waals surface area contributed by atoms with Crippen LogP contribution in [-0.2, 0) is 32.7 Å². The number of rotatable bonds is 37. The van der Waals surface area contributed by atoms with Gasteiger partial charge < -0.3 is 27.9 Å². The maximum atomic E-state index is 12.6. The molecular formula is C48H78NO8P. The molecule has 0 rings (SSSR count). The number of hydrogen-bond donors (Lipinski definition) is 0. The number of hydrogen-bond acceptors (Lipinski definition) is 8. The first-order chi connectivity index (χ1) is 28.0. The normalized spacial score (nSPS) is 14.7. The molecule has 0 fully saturated rings. The summed E-state index contributed by atoms with van der Waals surface area (Å²) >= 11 is 0. The van der Waals surface area contributed by atoms with E-state index in [1.54, 1.807) is 0 Å². The molecule has 2 atom stereocenters. The Bertz CT molecular complexity index is 1350. The fraction of sp³-hybridized carbons (Fsp3) is 0.583. The SMILES string of the molecule is CC/C=C/C=C/C=C/C=C/C=C/CCCC(=O)OC(COC(=O)CCCCCCC/C=C/C/C=C/C/C=C/C/C=C/CCCCC)COP(=O)([O-])OCC[N+](C)(C)C. The van der Waals surface area contributed by atoms with Gasteiger partial charge in [-0.05, 0) is 70.6 Å². The van der Waals surface area contributed by atoms with Crippen molar-refractivity contribution in [2.75, 3.05) is 47.5 Å². The highest BCUT2D eigenvalue weighted by atomic mass is 31.2. The molecule has 0 spiro atoms. The molecule has 328 valence electrons. The fourth-order valence-corrected chi connectivity index (χ4v) is 5.75. The molecule has 0 saturated carbocycles. The van der Waals surface area contributed by atoms with Gasteiger partial charge in [0.25, 0.3) is 7.82 Å². The van der Waals surface area contributed by atoms with Gasteiger partial charge in [-0.15, -0.1) is 0 Å². The molecule has 0 bridgehead atoms. The Morgan fingerprint density at radius 1 is 0.569 bits per heavy atom. The summed E-state index contributed by atoms with van der Waals surface area (Å²) in [5.74, 6) is -0.956. The Morgan fingerprint density at radius 2 is 1.07 bits per heavy atom. The first-order valence-corrected chi connectivity index (χ1v) is 23.1. The number of quaternary nitrogens is 1. The van der Waals surface area contributed by atoms with Gasteiger partial charge in [0.05, 0.1) is 27.7 Å². The number of carbonyl (C=O) groups is 2. The van der Waals surface area contributed by atoms with Crippen LogP contribution in [-0.4, -0.2) is 70.0 Å². The number of nitrogens with zero attached hydrogens (tertiary/aromatic N) is 1. The summed E-state index contributed by atoms with van der Waals surface area (Å²) in [6.07, 6.45) is 52.8. The highest BCUT2D eigenvalue weighted by Gasteiger charge is 2.21. The van der Waals surface area contributed by atoms with Gasteiger partial charge in [-0.2, -0.15) is 0 Å². The highest BCUT2D eigenvalue weighted by molar-refractivity contribution is 7.45. The van der Waals surface area contributed by atoms with Gasteiger partial charge in [-0.3, -0.25) is 14.2 Å². The summed E-state index contributed by atoms with van der Waals surface area (Å²) in [6.45, 7) is 3.90. The van der Waals surface area contributed by atoms with Crippen LogP contribution in [0.25, 0.3) is 0 Å². The number of allylic oxidation sites excluding steroid dienone is 18. The molecule has 0 aliphatic carbocycles. The molecular weight excluding hydrogens is 750 g/mol. The van der Waals surface area contributed by atoms with E-state index in [1.807, 2.05) is 75.8 Å². The molecule has 0 saturated heterocycles. The minimum absolute atomic E-state index is 0.0546. The zero-order chi connectivity index (χ0) is 42.8. The first-order valence-electron chi connectivity index (χ1n) is 21.7. The fourth-order valence-electron chi connectivity index (χ4n) is 5.02. The van der Waals surface area contributed by atoms with Crippen LogP contribution < -0.4 is 4.89 Å². The number of esters is 2. The van der Waals surface area contributed by atoms with Crippen molar-refractivity contribution in [3.8, 4) is 0 Å². The third kappa shape index (κ3) is 42.3. The molecule has 0 N–H and O–H groups in total. The second-order valence-corrected chi connectivity index (χ2v) is 16.5. The van der Waals surface area contributed by atoms with Gasteiger partial charge in [-0.25, -0.2) is 0 Å². The van der Waals surface area contributed by atoms with Crippen LogP contribution in [0.1, 0.15) is 129 Å². The van der Waals surface area contributed by atoms with E-state index in [-0.39, 0.29) is 26.1 Å². The minimum atomic E-state index is -4.66. The van der Waals surface area contributed by atoms with E-state index >= 15 is 0 Å². The molecule has 0 amide bonds. The van der Waals surface area contributed by atoms with Crippen molar-refractivity contribution in [3.05, 3.63) is 109 Å². The maximum Gasteiger partial charge on any atom is 0.306 e. The number of phosphoric acid groups is 1. The van der Waals surface area contributed by atoms with Gasteiger partial charge in [-0.1, -0.05) is 155 Å². The van der Waals surface area contributed by atoms with E-state index in [0.717, 1.165) is 57.8 Å². The average Bonchev–Trinajstić information content (AvgIpc) is 3.17. The lowest BCUT2D eigenvalue weighted by Crippen LogP contribution is -2.37. The van der Waals surface area contributed by atoms with Gasteiger partial charge >= 0.3 is 11.9 Å². The third-order valence-corrected chi connectivity index (χ3v) is 9.37. The van der Waals surface area contributed by atoms with E-state index in [9.17, 15) is 19.0 Å². The summed E-state index contributed by atoms with van der Waals surface area (Å²) in [5.41, 5.74) is 0. The molecule has 0 aliphatic heterocycles. The molecule has 0 aromatic heterocycles. The number of likely N-dealkylation sites (N-methyl/N-ethyl adjacent to an activating group) is 1. The van der Waals surface area contributed by atoms with Crippen LogP contribution in [0.3, 0.4) is 0 Å². The van der Waals surface area contributed by atoms with Crippen molar-refractivity contribution in [3.63, 3.8) is 0 Å². The van der Waals surface area contributed by atoms with Crippen molar-refractivity contribution in [2.45, 2.75) is 136 Å². The number of ether oxygens (including phenoxy) is 2. The zero-order valence-corrected chi connectivity index (χ0v) is 37.6. The second kappa shape index (κ2) is 39.1. The van der Waals surface area contributed by atoms with Crippen LogP contribution >= 0.6 is 7.82 Å². The zero-order valence-electron chi connectivity index (χ0n) is 36.7. The van der Waals surface area contributed by atoms with Gasteiger partial charge in [0.2, 0.25) is 0 Å². The predicted molar refractivity (Wildman–Crippen MR) is 240 cm³/mol. The van der Waals surface area contributed by atoms with Crippen molar-refractivity contribution in [2.24, 2.45) is 0 Å². The summed E-state index contributed by atoms with van der Waals surface area (Å²) < 4.78 is 33.7. The number of unbranched alkanes of at least 4 members (excludes halogenated alkanes) is 9. The smallest absolute Gasteiger partial charge is 0.306 e. The summed E-state index contributed by atoms with van der Waals surface area (Å²) in [5, 5.41) is 0. The highest BCUT2D eigenvalue weighted by Crippen LogP contribution is 2.38. The lowest BCUT2D eigenvalue weighted by Gasteiger charge is -2.28. The maximum absolute atomic E-state index is 12.6. The standard InChI is InChI=1S/C48H78NO8P/c1-6-8-10-12-14-16-18-20-21-22-23-24-25-26-27-29-30-32-34-36-38-40-47(50)54-44-46(45-56-58(52,53)55-43-42-49(3,4)5)57-48(51)41-39-37-35-33-31-28-19-17-15-13-11-9-7-2/h9,11,13-17,19-21,23-24,26-28,31,33,35,46H,6-8,10,12,18,22,25,29-30,32,34,36-45H2,1-5H3/b11-9+,15-13+,16-14+,19-17+,21-20+,24-23+,27-26+,31-28+,35-33+.